The van der Waals surface area contributed by atoms with E-state index in [-0.39, 0.29) is 11.5 Å². The van der Waals surface area contributed by atoms with Gasteiger partial charge >= 0.3 is 0 Å². The van der Waals surface area contributed by atoms with Gasteiger partial charge in [0.05, 0.1) is 25.3 Å². The Bertz CT molecular complexity index is 438. The highest BCUT2D eigenvalue weighted by Crippen LogP contribution is 2.37. The van der Waals surface area contributed by atoms with E-state index < -0.39 is 0 Å². The third kappa shape index (κ3) is 2.00. The Labute approximate surface area is 99.9 Å². The summed E-state index contributed by atoms with van der Waals surface area (Å²) in [6.45, 7) is 1.32. The summed E-state index contributed by atoms with van der Waals surface area (Å²) in [5.41, 5.74) is 0.385. The fraction of sp³-hybridized carbons (Fsp3) is 0.462. The molecule has 1 amide bonds. The highest BCUT2D eigenvalue weighted by atomic mass is 16.5. The molecule has 3 rings (SSSR count). The van der Waals surface area contributed by atoms with Crippen molar-refractivity contribution in [3.05, 3.63) is 24.3 Å². The minimum Gasteiger partial charge on any atom is -0.484 e. The largest absolute Gasteiger partial charge is 0.484 e. The summed E-state index contributed by atoms with van der Waals surface area (Å²) >= 11 is 0. The highest BCUT2D eigenvalue weighted by Gasteiger charge is 2.39. The third-order valence-electron chi connectivity index (χ3n) is 3.37. The summed E-state index contributed by atoms with van der Waals surface area (Å²) in [7, 11) is 0. The molecule has 4 heteroatoms. The van der Waals surface area contributed by atoms with Crippen molar-refractivity contribution in [2.24, 2.45) is 0 Å². The van der Waals surface area contributed by atoms with Crippen molar-refractivity contribution in [3.63, 3.8) is 0 Å². The van der Waals surface area contributed by atoms with E-state index in [1.807, 2.05) is 24.3 Å². The van der Waals surface area contributed by atoms with Crippen LogP contribution in [0.15, 0.2) is 24.3 Å². The predicted octanol–water partition coefficient (Wildman–Crippen LogP) is 1.96. The van der Waals surface area contributed by atoms with Crippen molar-refractivity contribution in [2.75, 3.05) is 18.5 Å². The number of hydrogen-bond acceptors (Lipinski definition) is 3. The molecule has 1 spiro atoms. The minimum atomic E-state index is -0.380. The summed E-state index contributed by atoms with van der Waals surface area (Å²) in [5.74, 6) is 0.789. The number of anilines is 1. The molecule has 4 nitrogen and oxygen atoms in total. The number of para-hydroxylation sites is 2. The van der Waals surface area contributed by atoms with Crippen LogP contribution in [0, 0.1) is 0 Å². The molecule has 2 heterocycles. The average Bonchev–Trinajstić information content (AvgIpc) is 2.45. The summed E-state index contributed by atoms with van der Waals surface area (Å²) in [6.07, 6.45) is 1.95. The number of nitrogens with one attached hydrogen (secondary N) is 1. The van der Waals surface area contributed by atoms with Crippen LogP contribution in [0.2, 0.25) is 0 Å². The van der Waals surface area contributed by atoms with Crippen LogP contribution in [0.4, 0.5) is 5.69 Å². The number of carbonyl (C=O) groups is 1. The van der Waals surface area contributed by atoms with Gasteiger partial charge in [0.2, 0.25) is 5.91 Å². The number of rotatable bonds is 0. The first-order valence-corrected chi connectivity index (χ1v) is 5.93. The van der Waals surface area contributed by atoms with Gasteiger partial charge in [-0.2, -0.15) is 0 Å². The molecule has 1 fully saturated rings. The SMILES string of the molecule is O=C1CC2(CCOCC2)Oc2ccccc2N1. The molecule has 0 unspecified atom stereocenters. The van der Waals surface area contributed by atoms with Crippen LogP contribution in [0.25, 0.3) is 0 Å². The van der Waals surface area contributed by atoms with Gasteiger partial charge in [-0.25, -0.2) is 0 Å². The molecule has 0 aliphatic carbocycles. The van der Waals surface area contributed by atoms with Crippen molar-refractivity contribution in [2.45, 2.75) is 24.9 Å². The molecule has 0 saturated carbocycles. The van der Waals surface area contributed by atoms with Crippen LogP contribution in [0.5, 0.6) is 5.75 Å². The lowest BCUT2D eigenvalue weighted by molar-refractivity contribution is -0.122. The Balaban J connectivity index is 1.96. The Hall–Kier alpha value is -1.55. The van der Waals surface area contributed by atoms with Gasteiger partial charge in [0.1, 0.15) is 11.4 Å². The van der Waals surface area contributed by atoms with Gasteiger partial charge in [0, 0.05) is 12.8 Å². The summed E-state index contributed by atoms with van der Waals surface area (Å²) in [5, 5.41) is 2.89. The normalized spacial score (nSPS) is 22.2. The minimum absolute atomic E-state index is 0.0249. The monoisotopic (exact) mass is 233 g/mol. The van der Waals surface area contributed by atoms with E-state index in [9.17, 15) is 4.79 Å². The second kappa shape index (κ2) is 4.04. The van der Waals surface area contributed by atoms with E-state index in [2.05, 4.69) is 5.32 Å². The Morgan fingerprint density at radius 1 is 1.18 bits per heavy atom. The molecular weight excluding hydrogens is 218 g/mol. The molecular formula is C13H15NO3. The van der Waals surface area contributed by atoms with Crippen LogP contribution in [0.3, 0.4) is 0 Å². The summed E-state index contributed by atoms with van der Waals surface area (Å²) in [4.78, 5) is 11.9. The first kappa shape index (κ1) is 10.6. The van der Waals surface area contributed by atoms with Crippen molar-refractivity contribution in [1.29, 1.82) is 0 Å². The second-order valence-corrected chi connectivity index (χ2v) is 4.62. The van der Waals surface area contributed by atoms with E-state index in [0.717, 1.165) is 24.3 Å². The van der Waals surface area contributed by atoms with Crippen LogP contribution < -0.4 is 10.1 Å². The average molecular weight is 233 g/mol. The third-order valence-corrected chi connectivity index (χ3v) is 3.37. The number of hydrogen-bond donors (Lipinski definition) is 1. The molecule has 90 valence electrons. The van der Waals surface area contributed by atoms with Crippen LogP contribution in [-0.2, 0) is 9.53 Å². The van der Waals surface area contributed by atoms with Crippen molar-refractivity contribution >= 4 is 11.6 Å². The maximum absolute atomic E-state index is 11.9. The second-order valence-electron chi connectivity index (χ2n) is 4.62. The molecule has 2 aliphatic rings. The topological polar surface area (TPSA) is 47.6 Å². The van der Waals surface area contributed by atoms with Crippen LogP contribution in [0.1, 0.15) is 19.3 Å². The number of amides is 1. The van der Waals surface area contributed by atoms with E-state index in [1.165, 1.54) is 0 Å². The Morgan fingerprint density at radius 2 is 1.94 bits per heavy atom. The maximum Gasteiger partial charge on any atom is 0.228 e. The van der Waals surface area contributed by atoms with Gasteiger partial charge in [-0.15, -0.1) is 0 Å². The van der Waals surface area contributed by atoms with Crippen molar-refractivity contribution in [3.8, 4) is 5.75 Å². The van der Waals surface area contributed by atoms with Crippen LogP contribution in [-0.4, -0.2) is 24.7 Å². The zero-order chi connectivity index (χ0) is 11.7. The fourth-order valence-electron chi connectivity index (χ4n) is 2.44. The van der Waals surface area contributed by atoms with Gasteiger partial charge in [-0.3, -0.25) is 4.79 Å². The van der Waals surface area contributed by atoms with Crippen molar-refractivity contribution in [1.82, 2.24) is 0 Å². The first-order valence-electron chi connectivity index (χ1n) is 5.93. The number of carbonyl (C=O) groups excluding carboxylic acids is 1. The van der Waals surface area contributed by atoms with Gasteiger partial charge in [0.25, 0.3) is 0 Å². The molecule has 0 aromatic heterocycles. The van der Waals surface area contributed by atoms with Gasteiger partial charge in [-0.05, 0) is 12.1 Å². The summed E-state index contributed by atoms with van der Waals surface area (Å²) in [6, 6.07) is 7.58. The summed E-state index contributed by atoms with van der Waals surface area (Å²) < 4.78 is 11.4. The smallest absolute Gasteiger partial charge is 0.228 e. The van der Waals surface area contributed by atoms with Gasteiger partial charge in [-0.1, -0.05) is 12.1 Å². The number of benzene rings is 1. The van der Waals surface area contributed by atoms with Crippen LogP contribution >= 0.6 is 0 Å². The number of fused-ring (bicyclic) bond motifs is 1. The zero-order valence-corrected chi connectivity index (χ0v) is 9.57. The molecule has 1 aromatic rings. The van der Waals surface area contributed by atoms with E-state index in [1.54, 1.807) is 0 Å². The Kier molecular flexibility index (Phi) is 2.52. The Morgan fingerprint density at radius 3 is 2.76 bits per heavy atom. The molecule has 1 saturated heterocycles. The van der Waals surface area contributed by atoms with Crippen molar-refractivity contribution < 1.29 is 14.3 Å². The highest BCUT2D eigenvalue weighted by molar-refractivity contribution is 5.93. The van der Waals surface area contributed by atoms with E-state index in [0.29, 0.717) is 19.6 Å². The fourth-order valence-corrected chi connectivity index (χ4v) is 2.44. The lowest BCUT2D eigenvalue weighted by Crippen LogP contribution is -2.43. The maximum atomic E-state index is 11.9. The predicted molar refractivity (Wildman–Crippen MR) is 63.1 cm³/mol. The molecule has 0 radical (unpaired) electrons. The van der Waals surface area contributed by atoms with Gasteiger partial charge < -0.3 is 14.8 Å². The molecule has 0 bridgehead atoms. The molecule has 17 heavy (non-hydrogen) atoms. The molecule has 1 N–H and O–H groups in total. The molecule has 2 aliphatic heterocycles. The molecule has 1 aromatic carbocycles. The van der Waals surface area contributed by atoms with Gasteiger partial charge in [0.15, 0.2) is 0 Å². The zero-order valence-electron chi connectivity index (χ0n) is 9.57. The lowest BCUT2D eigenvalue weighted by Gasteiger charge is -2.35. The standard InChI is InChI=1S/C13H15NO3/c15-12-9-13(5-7-16-8-6-13)17-11-4-2-1-3-10(11)14-12/h1-4H,5-9H2,(H,14,15). The lowest BCUT2D eigenvalue weighted by atomic mass is 9.90. The first-order chi connectivity index (χ1) is 8.27. The number of ether oxygens (including phenoxy) is 2. The quantitative estimate of drug-likeness (QED) is 0.745. The van der Waals surface area contributed by atoms with E-state index >= 15 is 0 Å². The van der Waals surface area contributed by atoms with E-state index in [4.69, 9.17) is 9.47 Å². The molecule has 0 atom stereocenters.